The molecule has 4 nitrogen and oxygen atoms in total. The maximum absolute atomic E-state index is 11.6. The lowest BCUT2D eigenvalue weighted by Gasteiger charge is -2.13. The molecule has 0 amide bonds. The molecule has 0 aliphatic carbocycles. The second kappa shape index (κ2) is 4.35. The van der Waals surface area contributed by atoms with Gasteiger partial charge in [0.05, 0.1) is 12.5 Å². The van der Waals surface area contributed by atoms with E-state index in [-0.39, 0.29) is 5.97 Å². The number of rotatable bonds is 3. The van der Waals surface area contributed by atoms with E-state index in [0.717, 1.165) is 17.5 Å². The zero-order valence-electron chi connectivity index (χ0n) is 8.97. The Kier molecular flexibility index (Phi) is 2.90. The Bertz CT molecular complexity index is 416. The van der Waals surface area contributed by atoms with Crippen LogP contribution in [0.3, 0.4) is 0 Å². The first-order chi connectivity index (χ1) is 7.77. The maximum Gasteiger partial charge on any atom is 0.329 e. The zero-order valence-corrected chi connectivity index (χ0v) is 8.97. The average molecular weight is 219 g/mol. The standard InChI is InChI=1S/C12H13NO3/c1-2-16-12(15)11-9(7-14)8-5-3-4-6-10(8)13-11/h3-7,9,11,13H,2H2,1H3. The number of ether oxygens (including phenoxy) is 1. The summed E-state index contributed by atoms with van der Waals surface area (Å²) in [5.74, 6) is -0.828. The third-order valence-electron chi connectivity index (χ3n) is 2.68. The van der Waals surface area contributed by atoms with Gasteiger partial charge in [-0.2, -0.15) is 0 Å². The van der Waals surface area contributed by atoms with Gasteiger partial charge in [0.1, 0.15) is 12.3 Å². The van der Waals surface area contributed by atoms with Crippen LogP contribution in [-0.4, -0.2) is 24.9 Å². The van der Waals surface area contributed by atoms with Crippen LogP contribution in [-0.2, 0) is 14.3 Å². The van der Waals surface area contributed by atoms with E-state index in [0.29, 0.717) is 6.61 Å². The van der Waals surface area contributed by atoms with E-state index in [2.05, 4.69) is 5.32 Å². The van der Waals surface area contributed by atoms with Gasteiger partial charge in [-0.1, -0.05) is 18.2 Å². The van der Waals surface area contributed by atoms with Crippen LogP contribution in [0.15, 0.2) is 24.3 Å². The van der Waals surface area contributed by atoms with Crippen molar-refractivity contribution < 1.29 is 14.3 Å². The molecule has 0 saturated carbocycles. The van der Waals surface area contributed by atoms with Crippen LogP contribution < -0.4 is 5.32 Å². The van der Waals surface area contributed by atoms with Crippen molar-refractivity contribution in [1.82, 2.24) is 0 Å². The first kappa shape index (κ1) is 10.7. The Balaban J connectivity index is 2.27. The Morgan fingerprint density at radius 1 is 1.50 bits per heavy atom. The molecule has 0 spiro atoms. The molecule has 0 radical (unpaired) electrons. The van der Waals surface area contributed by atoms with Gasteiger partial charge >= 0.3 is 5.97 Å². The first-order valence-corrected chi connectivity index (χ1v) is 5.25. The summed E-state index contributed by atoms with van der Waals surface area (Å²) in [5, 5.41) is 3.01. The summed E-state index contributed by atoms with van der Waals surface area (Å²) in [4.78, 5) is 22.7. The van der Waals surface area contributed by atoms with E-state index in [1.165, 1.54) is 0 Å². The van der Waals surface area contributed by atoms with Crippen LogP contribution in [0.4, 0.5) is 5.69 Å². The number of benzene rings is 1. The molecular weight excluding hydrogens is 206 g/mol. The summed E-state index contributed by atoms with van der Waals surface area (Å²) in [7, 11) is 0. The minimum absolute atomic E-state index is 0.318. The number of hydrogen-bond donors (Lipinski definition) is 1. The van der Waals surface area contributed by atoms with Gasteiger partial charge in [-0.3, -0.25) is 0 Å². The van der Waals surface area contributed by atoms with Crippen molar-refractivity contribution in [1.29, 1.82) is 0 Å². The number of para-hydroxylation sites is 1. The number of carbonyl (C=O) groups excluding carboxylic acids is 2. The van der Waals surface area contributed by atoms with Crippen LogP contribution in [0.5, 0.6) is 0 Å². The van der Waals surface area contributed by atoms with Crippen LogP contribution in [0.2, 0.25) is 0 Å². The highest BCUT2D eigenvalue weighted by atomic mass is 16.5. The predicted molar refractivity (Wildman–Crippen MR) is 59.3 cm³/mol. The average Bonchev–Trinajstić information content (AvgIpc) is 2.67. The third kappa shape index (κ3) is 1.66. The second-order valence-corrected chi connectivity index (χ2v) is 3.62. The van der Waals surface area contributed by atoms with Crippen molar-refractivity contribution in [2.24, 2.45) is 0 Å². The Morgan fingerprint density at radius 3 is 2.94 bits per heavy atom. The van der Waals surface area contributed by atoms with Gasteiger partial charge in [0.15, 0.2) is 0 Å². The van der Waals surface area contributed by atoms with Crippen LogP contribution in [0, 0.1) is 0 Å². The van der Waals surface area contributed by atoms with Crippen molar-refractivity contribution in [2.45, 2.75) is 18.9 Å². The number of anilines is 1. The molecule has 16 heavy (non-hydrogen) atoms. The molecule has 1 aliphatic heterocycles. The lowest BCUT2D eigenvalue weighted by atomic mass is 9.97. The van der Waals surface area contributed by atoms with Gasteiger partial charge in [-0.15, -0.1) is 0 Å². The smallest absolute Gasteiger partial charge is 0.329 e. The molecular formula is C12H13NO3. The van der Waals surface area contributed by atoms with Crippen molar-refractivity contribution in [3.63, 3.8) is 0 Å². The molecule has 1 aromatic carbocycles. The molecule has 2 atom stereocenters. The minimum atomic E-state index is -0.588. The summed E-state index contributed by atoms with van der Waals surface area (Å²) in [6.07, 6.45) is 0.792. The maximum atomic E-state index is 11.6. The lowest BCUT2D eigenvalue weighted by Crippen LogP contribution is -2.33. The Labute approximate surface area is 93.6 Å². The second-order valence-electron chi connectivity index (χ2n) is 3.62. The van der Waals surface area contributed by atoms with Crippen molar-refractivity contribution in [3.05, 3.63) is 29.8 Å². The number of esters is 1. The quantitative estimate of drug-likeness (QED) is 0.615. The Hall–Kier alpha value is -1.84. The van der Waals surface area contributed by atoms with E-state index >= 15 is 0 Å². The normalized spacial score (nSPS) is 22.1. The summed E-state index contributed by atoms with van der Waals surface area (Å²) in [5.41, 5.74) is 1.69. The predicted octanol–water partition coefficient (Wildman–Crippen LogP) is 1.33. The van der Waals surface area contributed by atoms with Crippen LogP contribution in [0.1, 0.15) is 18.4 Å². The van der Waals surface area contributed by atoms with Gasteiger partial charge in [0.2, 0.25) is 0 Å². The van der Waals surface area contributed by atoms with Gasteiger partial charge in [-0.25, -0.2) is 4.79 Å². The lowest BCUT2D eigenvalue weighted by molar-refractivity contribution is -0.145. The molecule has 1 N–H and O–H groups in total. The molecule has 1 heterocycles. The van der Waals surface area contributed by atoms with Gasteiger partial charge in [0, 0.05) is 5.69 Å². The van der Waals surface area contributed by atoms with Crippen molar-refractivity contribution in [2.75, 3.05) is 11.9 Å². The molecule has 0 saturated heterocycles. The zero-order chi connectivity index (χ0) is 11.5. The van der Waals surface area contributed by atoms with Crippen molar-refractivity contribution >= 4 is 17.9 Å². The highest BCUT2D eigenvalue weighted by Gasteiger charge is 2.37. The summed E-state index contributed by atoms with van der Waals surface area (Å²) in [6.45, 7) is 2.06. The molecule has 0 aromatic heterocycles. The summed E-state index contributed by atoms with van der Waals surface area (Å²) < 4.78 is 4.93. The number of fused-ring (bicyclic) bond motifs is 1. The topological polar surface area (TPSA) is 55.4 Å². The third-order valence-corrected chi connectivity index (χ3v) is 2.68. The van der Waals surface area contributed by atoms with E-state index in [4.69, 9.17) is 4.74 Å². The summed E-state index contributed by atoms with van der Waals surface area (Å²) in [6, 6.07) is 6.83. The van der Waals surface area contributed by atoms with Gasteiger partial charge < -0.3 is 14.8 Å². The molecule has 1 aromatic rings. The van der Waals surface area contributed by atoms with E-state index in [9.17, 15) is 9.59 Å². The van der Waals surface area contributed by atoms with Gasteiger partial charge in [-0.05, 0) is 18.6 Å². The fraction of sp³-hybridized carbons (Fsp3) is 0.333. The minimum Gasteiger partial charge on any atom is -0.464 e. The summed E-state index contributed by atoms with van der Waals surface area (Å²) >= 11 is 0. The fourth-order valence-electron chi connectivity index (χ4n) is 1.95. The fourth-order valence-corrected chi connectivity index (χ4v) is 1.95. The highest BCUT2D eigenvalue weighted by Crippen LogP contribution is 2.34. The number of hydrogen-bond acceptors (Lipinski definition) is 4. The molecule has 2 rings (SSSR count). The van der Waals surface area contributed by atoms with Crippen molar-refractivity contribution in [3.8, 4) is 0 Å². The van der Waals surface area contributed by atoms with E-state index in [1.54, 1.807) is 6.92 Å². The van der Waals surface area contributed by atoms with Gasteiger partial charge in [0.25, 0.3) is 0 Å². The monoisotopic (exact) mass is 219 g/mol. The van der Waals surface area contributed by atoms with E-state index < -0.39 is 12.0 Å². The molecule has 4 heteroatoms. The van der Waals surface area contributed by atoms with E-state index in [1.807, 2.05) is 24.3 Å². The van der Waals surface area contributed by atoms with Crippen LogP contribution in [0.25, 0.3) is 0 Å². The SMILES string of the molecule is CCOC(=O)C1Nc2ccccc2C1C=O. The number of nitrogens with one attached hydrogen (secondary N) is 1. The Morgan fingerprint density at radius 2 is 2.25 bits per heavy atom. The largest absolute Gasteiger partial charge is 0.464 e. The molecule has 0 fully saturated rings. The number of carbonyl (C=O) groups is 2. The molecule has 84 valence electrons. The molecule has 2 unspecified atom stereocenters. The highest BCUT2D eigenvalue weighted by molar-refractivity contribution is 5.90. The number of aldehydes is 1. The van der Waals surface area contributed by atoms with Crippen LogP contribution >= 0.6 is 0 Å². The molecule has 0 bridgehead atoms. The molecule has 1 aliphatic rings. The first-order valence-electron chi connectivity index (χ1n) is 5.25.